The lowest BCUT2D eigenvalue weighted by molar-refractivity contribution is -0.145. The molecule has 20 heavy (non-hydrogen) atoms. The maximum Gasteiger partial charge on any atom is 0.326 e. The van der Waals surface area contributed by atoms with Crippen LogP contribution in [0.4, 0.5) is 4.79 Å². The minimum atomic E-state index is -1.44. The number of rotatable bonds is 6. The van der Waals surface area contributed by atoms with Crippen LogP contribution >= 0.6 is 0 Å². The summed E-state index contributed by atoms with van der Waals surface area (Å²) in [5, 5.41) is 22.2. The van der Waals surface area contributed by atoms with Crippen molar-refractivity contribution < 1.29 is 29.3 Å². The smallest absolute Gasteiger partial charge is 0.326 e. The summed E-state index contributed by atoms with van der Waals surface area (Å²) in [6.07, 6.45) is 1.01. The molecule has 2 amide bonds. The number of carbonyl (C=O) groups excluding carboxylic acids is 1. The average Bonchev–Trinajstić information content (AvgIpc) is 2.38. The maximum atomic E-state index is 11.7. The molecule has 8 nitrogen and oxygen atoms in total. The molecule has 1 fully saturated rings. The van der Waals surface area contributed by atoms with Crippen LogP contribution in [0.25, 0.3) is 0 Å². The minimum Gasteiger partial charge on any atom is -0.481 e. The van der Waals surface area contributed by atoms with Gasteiger partial charge < -0.3 is 25.6 Å². The zero-order valence-electron chi connectivity index (χ0n) is 11.3. The van der Waals surface area contributed by atoms with Crippen LogP contribution < -0.4 is 10.6 Å². The van der Waals surface area contributed by atoms with E-state index in [1.807, 2.05) is 6.92 Å². The van der Waals surface area contributed by atoms with Gasteiger partial charge in [0.1, 0.15) is 6.04 Å². The van der Waals surface area contributed by atoms with E-state index in [0.29, 0.717) is 13.2 Å². The van der Waals surface area contributed by atoms with Gasteiger partial charge in [0.15, 0.2) is 0 Å². The molecule has 2 unspecified atom stereocenters. The molecule has 0 bridgehead atoms. The van der Waals surface area contributed by atoms with Crippen molar-refractivity contribution in [2.75, 3.05) is 13.2 Å². The van der Waals surface area contributed by atoms with Crippen LogP contribution in [-0.4, -0.2) is 53.5 Å². The van der Waals surface area contributed by atoms with E-state index in [4.69, 9.17) is 14.9 Å². The number of carboxylic acids is 2. The third-order valence-electron chi connectivity index (χ3n) is 3.31. The maximum absolute atomic E-state index is 11.7. The number of amides is 2. The standard InChI is InChI=1S/C12H20N2O6/c1-7(8-2-4-20-5-3-8)13-12(19)14-9(11(17)18)6-10(15)16/h7-9H,2-6H2,1H3,(H,15,16)(H,17,18)(H2,13,14,19). The third kappa shape index (κ3) is 5.43. The molecule has 1 aliphatic heterocycles. The van der Waals surface area contributed by atoms with Crippen molar-refractivity contribution >= 4 is 18.0 Å². The number of nitrogens with one attached hydrogen (secondary N) is 2. The lowest BCUT2D eigenvalue weighted by Crippen LogP contribution is -2.51. The van der Waals surface area contributed by atoms with Crippen LogP contribution in [0.5, 0.6) is 0 Å². The lowest BCUT2D eigenvalue weighted by atomic mass is 9.93. The lowest BCUT2D eigenvalue weighted by Gasteiger charge is -2.28. The summed E-state index contributed by atoms with van der Waals surface area (Å²) in [6.45, 7) is 3.13. The number of hydrogen-bond donors (Lipinski definition) is 4. The number of aliphatic carboxylic acids is 2. The Balaban J connectivity index is 2.43. The fourth-order valence-corrected chi connectivity index (χ4v) is 2.12. The second-order valence-corrected chi connectivity index (χ2v) is 4.84. The molecule has 0 aliphatic carbocycles. The Morgan fingerprint density at radius 1 is 1.20 bits per heavy atom. The van der Waals surface area contributed by atoms with Gasteiger partial charge in [0.2, 0.25) is 0 Å². The van der Waals surface area contributed by atoms with Crippen molar-refractivity contribution in [1.29, 1.82) is 0 Å². The topological polar surface area (TPSA) is 125 Å². The second-order valence-electron chi connectivity index (χ2n) is 4.84. The van der Waals surface area contributed by atoms with Crippen LogP contribution in [-0.2, 0) is 14.3 Å². The third-order valence-corrected chi connectivity index (χ3v) is 3.31. The van der Waals surface area contributed by atoms with Crippen LogP contribution in [0, 0.1) is 5.92 Å². The molecule has 8 heteroatoms. The van der Waals surface area contributed by atoms with Gasteiger partial charge in [-0.2, -0.15) is 0 Å². The highest BCUT2D eigenvalue weighted by atomic mass is 16.5. The molecule has 0 spiro atoms. The minimum absolute atomic E-state index is 0.127. The molecule has 1 rings (SSSR count). The first-order chi connectivity index (χ1) is 9.40. The van der Waals surface area contributed by atoms with Gasteiger partial charge in [-0.25, -0.2) is 9.59 Å². The fourth-order valence-electron chi connectivity index (χ4n) is 2.12. The van der Waals surface area contributed by atoms with Gasteiger partial charge in [0.25, 0.3) is 0 Å². The summed E-state index contributed by atoms with van der Waals surface area (Å²) in [4.78, 5) is 33.0. The Kier molecular flexibility index (Phi) is 6.23. The first kappa shape index (κ1) is 16.2. The van der Waals surface area contributed by atoms with Crippen LogP contribution in [0.3, 0.4) is 0 Å². The molecule has 1 aliphatic rings. The zero-order chi connectivity index (χ0) is 15.1. The van der Waals surface area contributed by atoms with Crippen molar-refractivity contribution in [3.8, 4) is 0 Å². The highest BCUT2D eigenvalue weighted by molar-refractivity contribution is 5.86. The Bertz CT molecular complexity index is 367. The quantitative estimate of drug-likeness (QED) is 0.546. The molecule has 114 valence electrons. The van der Waals surface area contributed by atoms with Gasteiger partial charge in [0.05, 0.1) is 6.42 Å². The number of ether oxygens (including phenoxy) is 1. The largest absolute Gasteiger partial charge is 0.481 e. The number of urea groups is 1. The SMILES string of the molecule is CC(NC(=O)NC(CC(=O)O)C(=O)O)C1CCOCC1. The molecule has 4 N–H and O–H groups in total. The number of hydrogen-bond acceptors (Lipinski definition) is 4. The normalized spacial score (nSPS) is 18.9. The molecule has 1 heterocycles. The molecular formula is C12H20N2O6. The molecule has 0 saturated carbocycles. The van der Waals surface area contributed by atoms with Crippen LogP contribution in [0.1, 0.15) is 26.2 Å². The van der Waals surface area contributed by atoms with Crippen molar-refractivity contribution in [3.63, 3.8) is 0 Å². The highest BCUT2D eigenvalue weighted by Crippen LogP contribution is 2.18. The van der Waals surface area contributed by atoms with Crippen molar-refractivity contribution in [2.24, 2.45) is 5.92 Å². The van der Waals surface area contributed by atoms with Gasteiger partial charge >= 0.3 is 18.0 Å². The second kappa shape index (κ2) is 7.68. The van der Waals surface area contributed by atoms with Crippen LogP contribution in [0.15, 0.2) is 0 Å². The predicted octanol–water partition coefficient (Wildman–Crippen LogP) is 0.0286. The Morgan fingerprint density at radius 2 is 1.80 bits per heavy atom. The molecule has 0 aromatic rings. The molecule has 1 saturated heterocycles. The van der Waals surface area contributed by atoms with Gasteiger partial charge in [-0.1, -0.05) is 0 Å². The van der Waals surface area contributed by atoms with Crippen molar-refractivity contribution in [2.45, 2.75) is 38.3 Å². The summed E-state index contributed by atoms with van der Waals surface area (Å²) in [6, 6.07) is -2.23. The van der Waals surface area contributed by atoms with E-state index < -0.39 is 30.4 Å². The van der Waals surface area contributed by atoms with Gasteiger partial charge in [-0.3, -0.25) is 4.79 Å². The Hall–Kier alpha value is -1.83. The predicted molar refractivity (Wildman–Crippen MR) is 68.3 cm³/mol. The highest BCUT2D eigenvalue weighted by Gasteiger charge is 2.26. The van der Waals surface area contributed by atoms with E-state index in [0.717, 1.165) is 12.8 Å². The van der Waals surface area contributed by atoms with Gasteiger partial charge in [-0.05, 0) is 25.7 Å². The van der Waals surface area contributed by atoms with E-state index >= 15 is 0 Å². The van der Waals surface area contributed by atoms with E-state index in [1.165, 1.54) is 0 Å². The van der Waals surface area contributed by atoms with Gasteiger partial charge in [0, 0.05) is 19.3 Å². The zero-order valence-corrected chi connectivity index (χ0v) is 11.3. The van der Waals surface area contributed by atoms with Crippen molar-refractivity contribution in [3.05, 3.63) is 0 Å². The summed E-state index contributed by atoms with van der Waals surface area (Å²) < 4.78 is 5.22. The summed E-state index contributed by atoms with van der Waals surface area (Å²) in [5.74, 6) is -2.38. The van der Waals surface area contributed by atoms with E-state index in [-0.39, 0.29) is 12.0 Å². The first-order valence-electron chi connectivity index (χ1n) is 6.49. The number of carbonyl (C=O) groups is 3. The van der Waals surface area contributed by atoms with E-state index in [9.17, 15) is 14.4 Å². The molecule has 0 radical (unpaired) electrons. The average molecular weight is 288 g/mol. The molecule has 2 atom stereocenters. The Morgan fingerprint density at radius 3 is 2.30 bits per heavy atom. The van der Waals surface area contributed by atoms with Crippen molar-refractivity contribution in [1.82, 2.24) is 10.6 Å². The van der Waals surface area contributed by atoms with E-state index in [1.54, 1.807) is 0 Å². The summed E-state index contributed by atoms with van der Waals surface area (Å²) >= 11 is 0. The van der Waals surface area contributed by atoms with Gasteiger partial charge in [-0.15, -0.1) is 0 Å². The Labute approximate surface area is 116 Å². The molecule has 0 aromatic heterocycles. The molecular weight excluding hydrogens is 268 g/mol. The van der Waals surface area contributed by atoms with E-state index in [2.05, 4.69) is 10.6 Å². The summed E-state index contributed by atoms with van der Waals surface area (Å²) in [5.41, 5.74) is 0. The monoisotopic (exact) mass is 288 g/mol. The molecule has 0 aromatic carbocycles. The first-order valence-corrected chi connectivity index (χ1v) is 6.49. The fraction of sp³-hybridized carbons (Fsp3) is 0.750. The summed E-state index contributed by atoms with van der Waals surface area (Å²) in [7, 11) is 0. The van der Waals surface area contributed by atoms with Crippen LogP contribution in [0.2, 0.25) is 0 Å². The number of carboxylic acid groups (broad SMARTS) is 2.